The molecular weight excluding hydrogens is 144 g/mol. The highest BCUT2D eigenvalue weighted by atomic mass is 16.6. The fourth-order valence-electron chi connectivity index (χ4n) is 2.15. The van der Waals surface area contributed by atoms with E-state index in [0.717, 1.165) is 0 Å². The van der Waals surface area contributed by atoms with Crippen molar-refractivity contribution >= 4 is 11.9 Å². The van der Waals surface area contributed by atoms with E-state index in [1.54, 1.807) is 6.92 Å². The van der Waals surface area contributed by atoms with Gasteiger partial charge in [-0.25, -0.2) is 0 Å². The molecule has 0 N–H and O–H groups in total. The van der Waals surface area contributed by atoms with Gasteiger partial charge in [-0.05, 0) is 12.3 Å². The lowest BCUT2D eigenvalue weighted by molar-refractivity contribution is -0.159. The molecule has 3 heteroatoms. The monoisotopic (exact) mass is 154 g/mol. The molecule has 1 aliphatic carbocycles. The van der Waals surface area contributed by atoms with Gasteiger partial charge in [0.25, 0.3) is 0 Å². The highest BCUT2D eigenvalue weighted by Gasteiger charge is 2.81. The van der Waals surface area contributed by atoms with Crippen LogP contribution in [-0.4, -0.2) is 11.9 Å². The average molecular weight is 154 g/mol. The molecule has 1 saturated heterocycles. The summed E-state index contributed by atoms with van der Waals surface area (Å²) in [6, 6.07) is 0. The second-order valence-corrected chi connectivity index (χ2v) is 4.07. The molecule has 0 aromatic heterocycles. The van der Waals surface area contributed by atoms with Crippen LogP contribution >= 0.6 is 0 Å². The summed E-state index contributed by atoms with van der Waals surface area (Å²) in [4.78, 5) is 22.1. The summed E-state index contributed by atoms with van der Waals surface area (Å²) in [6.07, 6.45) is 0. The number of carbonyl (C=O) groups is 2. The lowest BCUT2D eigenvalue weighted by Crippen LogP contribution is -2.19. The van der Waals surface area contributed by atoms with Gasteiger partial charge in [-0.15, -0.1) is 0 Å². The predicted molar refractivity (Wildman–Crippen MR) is 36.5 cm³/mol. The van der Waals surface area contributed by atoms with Crippen LogP contribution in [0.25, 0.3) is 0 Å². The number of cyclic esters (lactones) is 2. The van der Waals surface area contributed by atoms with E-state index < -0.39 is 5.41 Å². The molecule has 1 saturated carbocycles. The van der Waals surface area contributed by atoms with Gasteiger partial charge in [0.2, 0.25) is 0 Å². The molecule has 2 rings (SSSR count). The molecule has 0 radical (unpaired) electrons. The van der Waals surface area contributed by atoms with Gasteiger partial charge >= 0.3 is 11.9 Å². The first-order valence-electron chi connectivity index (χ1n) is 3.68. The van der Waals surface area contributed by atoms with Crippen molar-refractivity contribution in [1.82, 2.24) is 0 Å². The maximum absolute atomic E-state index is 11.1. The van der Waals surface area contributed by atoms with Gasteiger partial charge in [0.05, 0.1) is 11.3 Å². The number of rotatable bonds is 0. The minimum atomic E-state index is -0.524. The molecule has 3 nitrogen and oxygen atoms in total. The molecular formula is C8H10O3. The molecule has 1 heterocycles. The van der Waals surface area contributed by atoms with Crippen molar-refractivity contribution in [2.75, 3.05) is 0 Å². The summed E-state index contributed by atoms with van der Waals surface area (Å²) in [5, 5.41) is 0. The largest absolute Gasteiger partial charge is 0.392 e. The maximum atomic E-state index is 11.1. The lowest BCUT2D eigenvalue weighted by Gasteiger charge is -2.10. The van der Waals surface area contributed by atoms with Crippen molar-refractivity contribution in [3.63, 3.8) is 0 Å². The van der Waals surface area contributed by atoms with E-state index in [9.17, 15) is 9.59 Å². The number of carbonyl (C=O) groups excluding carboxylic acids is 2. The van der Waals surface area contributed by atoms with Crippen LogP contribution in [0.3, 0.4) is 0 Å². The predicted octanol–water partition coefficient (Wildman–Crippen LogP) is 0.732. The first-order chi connectivity index (χ1) is 4.92. The highest BCUT2D eigenvalue weighted by Crippen LogP contribution is 2.72. The maximum Gasteiger partial charge on any atom is 0.320 e. The van der Waals surface area contributed by atoms with E-state index in [0.29, 0.717) is 0 Å². The molecule has 0 aromatic rings. The number of hydrogen-bond acceptors (Lipinski definition) is 3. The minimum Gasteiger partial charge on any atom is -0.392 e. The van der Waals surface area contributed by atoms with E-state index in [2.05, 4.69) is 4.74 Å². The quantitative estimate of drug-likeness (QED) is 0.381. The zero-order chi connectivity index (χ0) is 8.44. The molecule has 2 fully saturated rings. The zero-order valence-corrected chi connectivity index (χ0v) is 6.80. The van der Waals surface area contributed by atoms with Gasteiger partial charge in [0, 0.05) is 0 Å². The van der Waals surface area contributed by atoms with Crippen LogP contribution in [0.2, 0.25) is 0 Å². The number of fused-ring (bicyclic) bond motifs is 1. The molecule has 11 heavy (non-hydrogen) atoms. The molecule has 1 aliphatic heterocycles. The Balaban J connectivity index is 2.46. The van der Waals surface area contributed by atoms with E-state index in [1.807, 2.05) is 13.8 Å². The highest BCUT2D eigenvalue weighted by molar-refractivity contribution is 6.05. The smallest absolute Gasteiger partial charge is 0.320 e. The van der Waals surface area contributed by atoms with E-state index in [4.69, 9.17) is 0 Å². The van der Waals surface area contributed by atoms with Gasteiger partial charge in [0.15, 0.2) is 0 Å². The van der Waals surface area contributed by atoms with E-state index in [-0.39, 0.29) is 23.3 Å². The van der Waals surface area contributed by atoms with E-state index in [1.165, 1.54) is 0 Å². The number of ether oxygens (including phenoxy) is 1. The fraction of sp³-hybridized carbons (Fsp3) is 0.750. The average Bonchev–Trinajstić information content (AvgIpc) is 2.15. The molecule has 0 bridgehead atoms. The molecule has 0 aromatic carbocycles. The third-order valence-corrected chi connectivity index (χ3v) is 3.41. The summed E-state index contributed by atoms with van der Waals surface area (Å²) in [7, 11) is 0. The Kier molecular flexibility index (Phi) is 0.841. The Morgan fingerprint density at radius 2 is 1.82 bits per heavy atom. The van der Waals surface area contributed by atoms with E-state index >= 15 is 0 Å². The third kappa shape index (κ3) is 0.451. The van der Waals surface area contributed by atoms with Gasteiger partial charge in [-0.1, -0.05) is 13.8 Å². The van der Waals surface area contributed by atoms with Crippen LogP contribution in [0.4, 0.5) is 0 Å². The molecule has 2 aliphatic rings. The molecule has 2 atom stereocenters. The molecule has 0 amide bonds. The Hall–Kier alpha value is -0.860. The van der Waals surface area contributed by atoms with Gasteiger partial charge in [0.1, 0.15) is 0 Å². The van der Waals surface area contributed by atoms with Crippen LogP contribution < -0.4 is 0 Å². The van der Waals surface area contributed by atoms with Crippen molar-refractivity contribution < 1.29 is 14.3 Å². The Labute approximate surface area is 64.7 Å². The number of esters is 2. The molecule has 1 unspecified atom stereocenters. The van der Waals surface area contributed by atoms with Gasteiger partial charge in [-0.2, -0.15) is 0 Å². The van der Waals surface area contributed by atoms with Crippen LogP contribution in [0.15, 0.2) is 0 Å². The second-order valence-electron chi connectivity index (χ2n) is 4.07. The fourth-order valence-corrected chi connectivity index (χ4v) is 2.15. The van der Waals surface area contributed by atoms with Crippen LogP contribution in [0.1, 0.15) is 20.8 Å². The van der Waals surface area contributed by atoms with Crippen LogP contribution in [-0.2, 0) is 14.3 Å². The summed E-state index contributed by atoms with van der Waals surface area (Å²) in [5.41, 5.74) is -0.705. The second kappa shape index (κ2) is 1.36. The van der Waals surface area contributed by atoms with Gasteiger partial charge < -0.3 is 4.74 Å². The SMILES string of the molecule is CC1(C)[C@@H]2C(=O)OC(=O)C21C. The minimum absolute atomic E-state index is 0.181. The third-order valence-electron chi connectivity index (χ3n) is 3.41. The van der Waals surface area contributed by atoms with Crippen molar-refractivity contribution in [1.29, 1.82) is 0 Å². The topological polar surface area (TPSA) is 43.4 Å². The van der Waals surface area contributed by atoms with Crippen molar-refractivity contribution in [2.45, 2.75) is 20.8 Å². The summed E-state index contributed by atoms with van der Waals surface area (Å²) in [6.45, 7) is 5.65. The number of hydrogen-bond donors (Lipinski definition) is 0. The Morgan fingerprint density at radius 1 is 1.27 bits per heavy atom. The van der Waals surface area contributed by atoms with Crippen LogP contribution in [0.5, 0.6) is 0 Å². The lowest BCUT2D eigenvalue weighted by atomic mass is 9.99. The van der Waals surface area contributed by atoms with Crippen molar-refractivity contribution in [2.24, 2.45) is 16.7 Å². The Morgan fingerprint density at radius 3 is 2.00 bits per heavy atom. The first-order valence-corrected chi connectivity index (χ1v) is 3.68. The summed E-state index contributed by atoms with van der Waals surface area (Å²) < 4.78 is 4.48. The first kappa shape index (κ1) is 6.83. The molecule has 0 spiro atoms. The summed E-state index contributed by atoms with van der Waals surface area (Å²) in [5.74, 6) is -0.887. The van der Waals surface area contributed by atoms with Crippen LogP contribution in [0, 0.1) is 16.7 Å². The van der Waals surface area contributed by atoms with Crippen molar-refractivity contribution in [3.8, 4) is 0 Å². The standard InChI is InChI=1S/C8H10O3/c1-7(2)4-5(9)11-6(10)8(4,7)3/h4H,1-3H3/t4-,8?/m0/s1. The molecule has 60 valence electrons. The summed E-state index contributed by atoms with van der Waals surface area (Å²) >= 11 is 0. The van der Waals surface area contributed by atoms with Gasteiger partial charge in [-0.3, -0.25) is 9.59 Å². The Bertz CT molecular complexity index is 267. The normalized spacial score (nSPS) is 45.2. The van der Waals surface area contributed by atoms with Crippen molar-refractivity contribution in [3.05, 3.63) is 0 Å². The zero-order valence-electron chi connectivity index (χ0n) is 6.80.